The van der Waals surface area contributed by atoms with Crippen LogP contribution in [0.4, 0.5) is 0 Å². The molecule has 33 heavy (non-hydrogen) atoms. The van der Waals surface area contributed by atoms with Crippen LogP contribution < -0.4 is 10.1 Å². The largest absolute Gasteiger partial charge is 0.489 e. The number of halogens is 1. The van der Waals surface area contributed by atoms with E-state index >= 15 is 0 Å². The van der Waals surface area contributed by atoms with E-state index in [-0.39, 0.29) is 30.8 Å². The van der Waals surface area contributed by atoms with Crippen LogP contribution in [-0.2, 0) is 32.0 Å². The Balaban J connectivity index is 0.000000706. The minimum absolute atomic E-state index is 0. The molecular formula is C26H26ClNO5. The molecule has 0 unspecified atom stereocenters. The van der Waals surface area contributed by atoms with Gasteiger partial charge in [0.2, 0.25) is 0 Å². The first-order valence-electron chi connectivity index (χ1n) is 10.2. The highest BCUT2D eigenvalue weighted by Gasteiger charge is 2.25. The zero-order valence-corrected chi connectivity index (χ0v) is 18.8. The Hall–Kier alpha value is -3.53. The van der Waals surface area contributed by atoms with Crippen LogP contribution in [0.15, 0.2) is 84.9 Å². The maximum Gasteiger partial charge on any atom is 0.373 e. The third-order valence-electron chi connectivity index (χ3n) is 4.98. The lowest BCUT2D eigenvalue weighted by atomic mass is 10.0. The van der Waals surface area contributed by atoms with Gasteiger partial charge < -0.3 is 10.1 Å². The average Bonchev–Trinajstić information content (AvgIpc) is 3.24. The monoisotopic (exact) mass is 467 g/mol. The SMILES string of the molecule is Cl.O=C=O.O=C=O.c1ccc(Cc2ccc(O[C@@H]3CN[C@H](Cc4ccccc4)C3)cc2)cc1. The number of nitrogens with one attached hydrogen (secondary N) is 1. The molecule has 2 atom stereocenters. The van der Waals surface area contributed by atoms with Gasteiger partial charge in [0.05, 0.1) is 0 Å². The van der Waals surface area contributed by atoms with Crippen LogP contribution in [0.3, 0.4) is 0 Å². The third kappa shape index (κ3) is 10.6. The molecule has 1 saturated heterocycles. The summed E-state index contributed by atoms with van der Waals surface area (Å²) in [5, 5.41) is 3.59. The summed E-state index contributed by atoms with van der Waals surface area (Å²) in [7, 11) is 0. The molecule has 1 heterocycles. The van der Waals surface area contributed by atoms with Crippen LogP contribution in [0, 0.1) is 0 Å². The molecule has 6 nitrogen and oxygen atoms in total. The predicted molar refractivity (Wildman–Crippen MR) is 124 cm³/mol. The molecule has 0 spiro atoms. The predicted octanol–water partition coefficient (Wildman–Crippen LogP) is 3.88. The summed E-state index contributed by atoms with van der Waals surface area (Å²) >= 11 is 0. The first-order valence-corrected chi connectivity index (χ1v) is 10.2. The van der Waals surface area contributed by atoms with Gasteiger partial charge in [-0.05, 0) is 41.7 Å². The van der Waals surface area contributed by atoms with E-state index in [2.05, 4.69) is 90.2 Å². The van der Waals surface area contributed by atoms with Crippen molar-refractivity contribution in [1.29, 1.82) is 0 Å². The molecule has 0 aromatic heterocycles. The van der Waals surface area contributed by atoms with Gasteiger partial charge in [-0.25, -0.2) is 0 Å². The second-order valence-electron chi connectivity index (χ2n) is 7.24. The maximum atomic E-state index is 8.12. The van der Waals surface area contributed by atoms with E-state index < -0.39 is 0 Å². The van der Waals surface area contributed by atoms with Crippen molar-refractivity contribution in [2.45, 2.75) is 31.4 Å². The summed E-state index contributed by atoms with van der Waals surface area (Å²) in [6.07, 6.45) is 3.84. The highest BCUT2D eigenvalue weighted by atomic mass is 35.5. The first-order chi connectivity index (χ1) is 15.7. The topological polar surface area (TPSA) is 89.5 Å². The highest BCUT2D eigenvalue weighted by molar-refractivity contribution is 5.85. The maximum absolute atomic E-state index is 8.12. The van der Waals surface area contributed by atoms with Crippen molar-refractivity contribution in [1.82, 2.24) is 5.32 Å². The van der Waals surface area contributed by atoms with Crippen LogP contribution in [0.2, 0.25) is 0 Å². The molecule has 3 aromatic carbocycles. The second-order valence-corrected chi connectivity index (χ2v) is 7.24. The fourth-order valence-electron chi connectivity index (χ4n) is 3.64. The number of rotatable bonds is 6. The molecule has 1 aliphatic heterocycles. The summed E-state index contributed by atoms with van der Waals surface area (Å²) in [5.41, 5.74) is 4.04. The van der Waals surface area contributed by atoms with Gasteiger partial charge in [0.25, 0.3) is 0 Å². The van der Waals surface area contributed by atoms with E-state index in [0.29, 0.717) is 6.04 Å². The van der Waals surface area contributed by atoms with Gasteiger partial charge in [-0.1, -0.05) is 72.8 Å². The lowest BCUT2D eigenvalue weighted by Crippen LogP contribution is -2.24. The molecule has 0 amide bonds. The molecular weight excluding hydrogens is 442 g/mol. The molecule has 7 heteroatoms. The third-order valence-corrected chi connectivity index (χ3v) is 4.98. The van der Waals surface area contributed by atoms with Gasteiger partial charge >= 0.3 is 12.3 Å². The van der Waals surface area contributed by atoms with Crippen LogP contribution in [0.5, 0.6) is 5.75 Å². The second kappa shape index (κ2) is 16.2. The molecule has 1 aliphatic rings. The van der Waals surface area contributed by atoms with E-state index in [1.807, 2.05) is 0 Å². The number of hydrogen-bond donors (Lipinski definition) is 1. The molecule has 172 valence electrons. The smallest absolute Gasteiger partial charge is 0.373 e. The zero-order valence-electron chi connectivity index (χ0n) is 18.0. The van der Waals surface area contributed by atoms with Crippen molar-refractivity contribution >= 4 is 24.7 Å². The zero-order chi connectivity index (χ0) is 23.0. The van der Waals surface area contributed by atoms with E-state index in [1.165, 1.54) is 16.7 Å². The van der Waals surface area contributed by atoms with Gasteiger partial charge in [0.1, 0.15) is 11.9 Å². The van der Waals surface area contributed by atoms with E-state index in [9.17, 15) is 0 Å². The van der Waals surface area contributed by atoms with Crippen LogP contribution in [-0.4, -0.2) is 31.0 Å². The van der Waals surface area contributed by atoms with Crippen molar-refractivity contribution in [2.24, 2.45) is 0 Å². The molecule has 1 N–H and O–H groups in total. The van der Waals surface area contributed by atoms with Gasteiger partial charge in [0, 0.05) is 19.0 Å². The Kier molecular flexibility index (Phi) is 13.5. The van der Waals surface area contributed by atoms with E-state index in [4.69, 9.17) is 23.9 Å². The molecule has 4 rings (SSSR count). The van der Waals surface area contributed by atoms with Gasteiger partial charge in [-0.2, -0.15) is 19.2 Å². The van der Waals surface area contributed by atoms with E-state index in [1.54, 1.807) is 0 Å². The molecule has 3 aromatic rings. The molecule has 0 aliphatic carbocycles. The van der Waals surface area contributed by atoms with E-state index in [0.717, 1.165) is 31.6 Å². The Morgan fingerprint density at radius 1 is 0.727 bits per heavy atom. The van der Waals surface area contributed by atoms with Crippen LogP contribution in [0.25, 0.3) is 0 Å². The summed E-state index contributed by atoms with van der Waals surface area (Å²) in [5.74, 6) is 0.967. The standard InChI is InChI=1S/C24H25NO.2CO2.ClH/c1-3-7-19(8-4-1)15-21-11-13-23(14-12-21)26-24-17-22(25-18-24)16-20-9-5-2-6-10-20;2*2-1-3;/h1-14,22,24-25H,15-18H2;;;1H/t22-,24+;;;/m1.../s1. The van der Waals surface area contributed by atoms with Gasteiger partial charge in [0.15, 0.2) is 0 Å². The minimum Gasteiger partial charge on any atom is -0.489 e. The summed E-state index contributed by atoms with van der Waals surface area (Å²) in [4.78, 5) is 32.5. The number of carbonyl (C=O) groups excluding carboxylic acids is 4. The molecule has 0 radical (unpaired) electrons. The quantitative estimate of drug-likeness (QED) is 0.591. The Labute approximate surface area is 199 Å². The highest BCUT2D eigenvalue weighted by Crippen LogP contribution is 2.21. The summed E-state index contributed by atoms with van der Waals surface area (Å²) in [6.45, 7) is 0.920. The van der Waals surface area contributed by atoms with Crippen molar-refractivity contribution in [3.05, 3.63) is 102 Å². The van der Waals surface area contributed by atoms with Crippen molar-refractivity contribution in [2.75, 3.05) is 6.54 Å². The molecule has 0 bridgehead atoms. The number of ether oxygens (including phenoxy) is 1. The van der Waals surface area contributed by atoms with Crippen molar-refractivity contribution < 1.29 is 23.9 Å². The normalized spacial score (nSPS) is 15.8. The van der Waals surface area contributed by atoms with Crippen LogP contribution >= 0.6 is 12.4 Å². The van der Waals surface area contributed by atoms with Crippen molar-refractivity contribution in [3.63, 3.8) is 0 Å². The van der Waals surface area contributed by atoms with Gasteiger partial charge in [-0.3, -0.25) is 0 Å². The first kappa shape index (κ1) is 27.5. The Bertz CT molecular complexity index is 972. The fraction of sp³-hybridized carbons (Fsp3) is 0.231. The fourth-order valence-corrected chi connectivity index (χ4v) is 3.64. The van der Waals surface area contributed by atoms with Gasteiger partial charge in [-0.15, -0.1) is 12.4 Å². The van der Waals surface area contributed by atoms with Crippen molar-refractivity contribution in [3.8, 4) is 5.75 Å². The number of hydrogen-bond acceptors (Lipinski definition) is 6. The average molecular weight is 468 g/mol. The molecule has 1 fully saturated rings. The molecule has 0 saturated carbocycles. The lowest BCUT2D eigenvalue weighted by Gasteiger charge is -2.14. The lowest BCUT2D eigenvalue weighted by molar-refractivity contribution is -0.193. The summed E-state index contributed by atoms with van der Waals surface area (Å²) in [6, 6.07) is 30.3. The number of benzene rings is 3. The summed E-state index contributed by atoms with van der Waals surface area (Å²) < 4.78 is 6.19. The Morgan fingerprint density at radius 2 is 1.21 bits per heavy atom. The van der Waals surface area contributed by atoms with Crippen LogP contribution in [0.1, 0.15) is 23.1 Å². The Morgan fingerprint density at radius 3 is 1.76 bits per heavy atom. The minimum atomic E-state index is 0.